The molecule has 4 N–H and O–H groups in total. The first-order valence-electron chi connectivity index (χ1n) is 8.22. The molecule has 1 aliphatic rings. The van der Waals surface area contributed by atoms with Crippen molar-refractivity contribution in [2.24, 2.45) is 5.73 Å². The Hall–Kier alpha value is -1.62. The quantitative estimate of drug-likeness (QED) is 0.674. The maximum atomic E-state index is 11.2. The number of aliphatic hydroxyl groups is 1. The molecule has 0 radical (unpaired) electrons. The molecule has 5 heteroatoms. The molecule has 132 valence electrons. The van der Waals surface area contributed by atoms with Crippen LogP contribution in [0.15, 0.2) is 48.1 Å². The maximum absolute atomic E-state index is 11.2. The van der Waals surface area contributed by atoms with Crippen LogP contribution >= 0.6 is 12.4 Å². The van der Waals surface area contributed by atoms with Gasteiger partial charge in [-0.1, -0.05) is 35.9 Å². The molecule has 0 fully saturated rings. The van der Waals surface area contributed by atoms with E-state index in [1.54, 1.807) is 6.07 Å². The topological polar surface area (TPSA) is 75.4 Å². The predicted octanol–water partition coefficient (Wildman–Crippen LogP) is 2.76. The fourth-order valence-electron chi connectivity index (χ4n) is 2.67. The number of amides is 1. The third-order valence-corrected chi connectivity index (χ3v) is 4.14. The SMILES string of the molecule is CC(CCc1cccc(C(N)=O)c1)NCCC1=CCC(O)C=C1.Cl. The van der Waals surface area contributed by atoms with Crippen molar-refractivity contribution < 1.29 is 9.90 Å². The molecule has 2 unspecified atom stereocenters. The van der Waals surface area contributed by atoms with Crippen LogP contribution in [0.4, 0.5) is 0 Å². The molecule has 0 bridgehead atoms. The number of hydrogen-bond donors (Lipinski definition) is 3. The van der Waals surface area contributed by atoms with Crippen molar-refractivity contribution in [3.63, 3.8) is 0 Å². The van der Waals surface area contributed by atoms with Crippen molar-refractivity contribution in [1.29, 1.82) is 0 Å². The number of allylic oxidation sites excluding steroid dienone is 1. The van der Waals surface area contributed by atoms with E-state index >= 15 is 0 Å². The van der Waals surface area contributed by atoms with Gasteiger partial charge >= 0.3 is 0 Å². The molecule has 0 aliphatic heterocycles. The Balaban J connectivity index is 0.00000288. The molecule has 1 amide bonds. The van der Waals surface area contributed by atoms with Gasteiger partial charge in [-0.05, 0) is 56.8 Å². The van der Waals surface area contributed by atoms with Crippen molar-refractivity contribution in [1.82, 2.24) is 5.32 Å². The first kappa shape index (κ1) is 20.4. The van der Waals surface area contributed by atoms with Crippen LogP contribution in [0.3, 0.4) is 0 Å². The van der Waals surface area contributed by atoms with E-state index in [1.807, 2.05) is 30.4 Å². The Bertz CT molecular complexity index is 599. The fraction of sp³-hybridized carbons (Fsp3) is 0.421. The Morgan fingerprint density at radius 2 is 2.21 bits per heavy atom. The van der Waals surface area contributed by atoms with Gasteiger partial charge in [0.05, 0.1) is 6.10 Å². The van der Waals surface area contributed by atoms with Gasteiger partial charge in [0, 0.05) is 11.6 Å². The minimum atomic E-state index is -0.378. The molecule has 2 atom stereocenters. The van der Waals surface area contributed by atoms with Crippen molar-refractivity contribution in [2.45, 2.75) is 44.8 Å². The smallest absolute Gasteiger partial charge is 0.248 e. The Kier molecular flexibility index (Phi) is 8.76. The van der Waals surface area contributed by atoms with E-state index in [-0.39, 0.29) is 24.4 Å². The van der Waals surface area contributed by atoms with Gasteiger partial charge in [-0.15, -0.1) is 12.4 Å². The monoisotopic (exact) mass is 350 g/mol. The lowest BCUT2D eigenvalue weighted by Gasteiger charge is -2.16. The van der Waals surface area contributed by atoms with Crippen LogP contribution in [-0.4, -0.2) is 29.7 Å². The number of benzene rings is 1. The molecule has 1 aliphatic carbocycles. The molecule has 24 heavy (non-hydrogen) atoms. The van der Waals surface area contributed by atoms with Crippen LogP contribution in [-0.2, 0) is 6.42 Å². The average molecular weight is 351 g/mol. The number of halogens is 1. The highest BCUT2D eigenvalue weighted by Gasteiger charge is 2.07. The number of hydrogen-bond acceptors (Lipinski definition) is 3. The van der Waals surface area contributed by atoms with Crippen LogP contribution < -0.4 is 11.1 Å². The van der Waals surface area contributed by atoms with Crippen molar-refractivity contribution in [3.8, 4) is 0 Å². The first-order chi connectivity index (χ1) is 11.0. The summed E-state index contributed by atoms with van der Waals surface area (Å²) in [5, 5.41) is 12.9. The van der Waals surface area contributed by atoms with Gasteiger partial charge in [-0.25, -0.2) is 0 Å². The van der Waals surface area contributed by atoms with E-state index in [4.69, 9.17) is 5.73 Å². The zero-order valence-electron chi connectivity index (χ0n) is 14.1. The number of nitrogens with two attached hydrogens (primary N) is 1. The van der Waals surface area contributed by atoms with Gasteiger partial charge in [-0.3, -0.25) is 4.79 Å². The largest absolute Gasteiger partial charge is 0.389 e. The van der Waals surface area contributed by atoms with Gasteiger partial charge < -0.3 is 16.2 Å². The molecule has 0 saturated heterocycles. The highest BCUT2D eigenvalue weighted by atomic mass is 35.5. The van der Waals surface area contributed by atoms with Gasteiger partial charge in [0.25, 0.3) is 0 Å². The molecule has 1 aromatic rings. The minimum Gasteiger partial charge on any atom is -0.389 e. The third kappa shape index (κ3) is 6.87. The lowest BCUT2D eigenvalue weighted by atomic mass is 10.0. The fourth-order valence-corrected chi connectivity index (χ4v) is 2.67. The number of rotatable bonds is 8. The zero-order chi connectivity index (χ0) is 16.7. The van der Waals surface area contributed by atoms with Gasteiger partial charge in [0.2, 0.25) is 5.91 Å². The molecule has 0 heterocycles. The Morgan fingerprint density at radius 1 is 1.42 bits per heavy atom. The van der Waals surface area contributed by atoms with Crippen molar-refractivity contribution in [2.75, 3.05) is 6.54 Å². The van der Waals surface area contributed by atoms with Crippen molar-refractivity contribution in [3.05, 3.63) is 59.2 Å². The molecule has 4 nitrogen and oxygen atoms in total. The molecule has 2 rings (SSSR count). The van der Waals surface area contributed by atoms with E-state index in [9.17, 15) is 9.90 Å². The summed E-state index contributed by atoms with van der Waals surface area (Å²) in [4.78, 5) is 11.2. The summed E-state index contributed by atoms with van der Waals surface area (Å²) in [5.41, 5.74) is 8.30. The number of carbonyl (C=O) groups is 1. The van der Waals surface area contributed by atoms with Crippen molar-refractivity contribution >= 4 is 18.3 Å². The first-order valence-corrected chi connectivity index (χ1v) is 8.22. The summed E-state index contributed by atoms with van der Waals surface area (Å²) < 4.78 is 0. The Labute approximate surface area is 150 Å². The van der Waals surface area contributed by atoms with Gasteiger partial charge in [0.15, 0.2) is 0 Å². The number of nitrogens with one attached hydrogen (secondary N) is 1. The molecule has 0 saturated carbocycles. The minimum absolute atomic E-state index is 0. The molecular weight excluding hydrogens is 324 g/mol. The molecule has 0 aromatic heterocycles. The van der Waals surface area contributed by atoms with E-state index in [1.165, 1.54) is 5.57 Å². The van der Waals surface area contributed by atoms with Crippen LogP contribution in [0, 0.1) is 0 Å². The zero-order valence-corrected chi connectivity index (χ0v) is 14.9. The van der Waals surface area contributed by atoms with Crippen LogP contribution in [0.2, 0.25) is 0 Å². The average Bonchev–Trinajstić information content (AvgIpc) is 2.55. The lowest BCUT2D eigenvalue weighted by Crippen LogP contribution is -2.27. The van der Waals surface area contributed by atoms with E-state index in [0.717, 1.165) is 37.8 Å². The van der Waals surface area contributed by atoms with Crippen LogP contribution in [0.25, 0.3) is 0 Å². The second kappa shape index (κ2) is 10.3. The lowest BCUT2D eigenvalue weighted by molar-refractivity contribution is 0.1000. The Morgan fingerprint density at radius 3 is 2.88 bits per heavy atom. The summed E-state index contributed by atoms with van der Waals surface area (Å²) >= 11 is 0. The molecule has 0 spiro atoms. The standard InChI is InChI=1S/C19H26N2O2.ClH/c1-14(21-12-11-15-7-9-18(22)10-8-15)5-6-16-3-2-4-17(13-16)19(20)23;/h2-4,7-9,13-14,18,21-22H,5-6,10-12H2,1H3,(H2,20,23);1H. The van der Waals surface area contributed by atoms with Gasteiger partial charge in [-0.2, -0.15) is 0 Å². The van der Waals surface area contributed by atoms with E-state index < -0.39 is 0 Å². The summed E-state index contributed by atoms with van der Waals surface area (Å²) in [6, 6.07) is 7.94. The number of aryl methyl sites for hydroxylation is 1. The number of primary amides is 1. The van der Waals surface area contributed by atoms with Gasteiger partial charge in [0.1, 0.15) is 0 Å². The maximum Gasteiger partial charge on any atom is 0.248 e. The van der Waals surface area contributed by atoms with Crippen LogP contribution in [0.5, 0.6) is 0 Å². The summed E-state index contributed by atoms with van der Waals surface area (Å²) in [6.07, 6.45) is 9.27. The highest BCUT2D eigenvalue weighted by Crippen LogP contribution is 2.13. The third-order valence-electron chi connectivity index (χ3n) is 4.14. The molecule has 1 aromatic carbocycles. The second-order valence-corrected chi connectivity index (χ2v) is 6.15. The molecular formula is C19H27ClN2O2. The summed E-state index contributed by atoms with van der Waals surface area (Å²) in [6.45, 7) is 3.10. The summed E-state index contributed by atoms with van der Waals surface area (Å²) in [7, 11) is 0. The normalized spacial score (nSPS) is 17.8. The highest BCUT2D eigenvalue weighted by molar-refractivity contribution is 5.92. The summed E-state index contributed by atoms with van der Waals surface area (Å²) in [5.74, 6) is -0.378. The van der Waals surface area contributed by atoms with E-state index in [0.29, 0.717) is 11.6 Å². The van der Waals surface area contributed by atoms with Crippen LogP contribution in [0.1, 0.15) is 42.1 Å². The van der Waals surface area contributed by atoms with E-state index in [2.05, 4.69) is 18.3 Å². The number of carbonyl (C=O) groups excluding carboxylic acids is 1. The second-order valence-electron chi connectivity index (χ2n) is 6.15. The predicted molar refractivity (Wildman–Crippen MR) is 100 cm³/mol. The number of aliphatic hydroxyl groups excluding tert-OH is 1.